The summed E-state index contributed by atoms with van der Waals surface area (Å²) in [6.45, 7) is 3.98. The molecule has 2 rings (SSSR count). The first-order chi connectivity index (χ1) is 9.91. The summed E-state index contributed by atoms with van der Waals surface area (Å²) in [6, 6.07) is 4.20. The number of hydrogen-bond donors (Lipinski definition) is 3. The predicted molar refractivity (Wildman–Crippen MR) is 78.7 cm³/mol. The van der Waals surface area contributed by atoms with Gasteiger partial charge in [0.2, 0.25) is 0 Å². The van der Waals surface area contributed by atoms with E-state index in [9.17, 15) is 14.7 Å². The number of aromatic carboxylic acids is 1. The van der Waals surface area contributed by atoms with Crippen LogP contribution < -0.4 is 5.32 Å². The highest BCUT2D eigenvalue weighted by Crippen LogP contribution is 2.29. The molecular weight excluding hydrogens is 272 g/mol. The van der Waals surface area contributed by atoms with Gasteiger partial charge in [0, 0.05) is 12.1 Å². The minimum absolute atomic E-state index is 0.116. The highest BCUT2D eigenvalue weighted by Gasteiger charge is 2.29. The van der Waals surface area contributed by atoms with Gasteiger partial charge in [0.25, 0.3) is 0 Å². The Balaban J connectivity index is 2.20. The van der Waals surface area contributed by atoms with Crippen LogP contribution in [0.15, 0.2) is 18.2 Å². The summed E-state index contributed by atoms with van der Waals surface area (Å²) in [5.74, 6) is -1.65. The van der Waals surface area contributed by atoms with Gasteiger partial charge in [0.1, 0.15) is 5.56 Å². The SMILES string of the molecule is C[C@@H]1CCC[C@H](C)N1C(=O)Nc1cccc(C(=O)O)c1O. The lowest BCUT2D eigenvalue weighted by Gasteiger charge is -2.38. The van der Waals surface area contributed by atoms with Gasteiger partial charge < -0.3 is 20.4 Å². The number of rotatable bonds is 2. The molecule has 2 atom stereocenters. The molecule has 1 aromatic rings. The lowest BCUT2D eigenvalue weighted by atomic mass is 9.98. The van der Waals surface area contributed by atoms with Gasteiger partial charge in [-0.2, -0.15) is 0 Å². The smallest absolute Gasteiger partial charge is 0.339 e. The van der Waals surface area contributed by atoms with E-state index in [0.717, 1.165) is 19.3 Å². The molecule has 6 heteroatoms. The molecule has 0 bridgehead atoms. The van der Waals surface area contributed by atoms with Crippen LogP contribution in [0.5, 0.6) is 5.75 Å². The summed E-state index contributed by atoms with van der Waals surface area (Å²) in [6.07, 6.45) is 2.98. The maximum Gasteiger partial charge on any atom is 0.339 e. The van der Waals surface area contributed by atoms with Crippen molar-refractivity contribution in [3.8, 4) is 5.75 Å². The van der Waals surface area contributed by atoms with E-state index in [0.29, 0.717) is 0 Å². The Bertz CT molecular complexity index is 549. The molecule has 21 heavy (non-hydrogen) atoms. The molecule has 2 amide bonds. The van der Waals surface area contributed by atoms with Crippen LogP contribution in [0, 0.1) is 0 Å². The van der Waals surface area contributed by atoms with Crippen molar-refractivity contribution in [3.63, 3.8) is 0 Å². The molecule has 1 aliphatic rings. The van der Waals surface area contributed by atoms with Gasteiger partial charge in [-0.15, -0.1) is 0 Å². The normalized spacial score (nSPS) is 21.9. The number of para-hydroxylation sites is 1. The minimum atomic E-state index is -1.23. The van der Waals surface area contributed by atoms with Crippen LogP contribution in [-0.4, -0.2) is 39.2 Å². The van der Waals surface area contributed by atoms with Crippen LogP contribution in [0.1, 0.15) is 43.5 Å². The topological polar surface area (TPSA) is 89.9 Å². The first-order valence-electron chi connectivity index (χ1n) is 7.06. The number of phenols is 1. The lowest BCUT2D eigenvalue weighted by molar-refractivity contribution is 0.0693. The number of anilines is 1. The first kappa shape index (κ1) is 15.2. The van der Waals surface area contributed by atoms with Gasteiger partial charge in [-0.1, -0.05) is 6.07 Å². The monoisotopic (exact) mass is 292 g/mol. The number of urea groups is 1. The van der Waals surface area contributed by atoms with Crippen molar-refractivity contribution < 1.29 is 19.8 Å². The van der Waals surface area contributed by atoms with Crippen molar-refractivity contribution >= 4 is 17.7 Å². The number of aromatic hydroxyl groups is 1. The fourth-order valence-electron chi connectivity index (χ4n) is 2.82. The van der Waals surface area contributed by atoms with Crippen molar-refractivity contribution in [1.82, 2.24) is 4.90 Å². The van der Waals surface area contributed by atoms with Crippen molar-refractivity contribution in [2.75, 3.05) is 5.32 Å². The van der Waals surface area contributed by atoms with Crippen molar-refractivity contribution in [2.45, 2.75) is 45.2 Å². The highest BCUT2D eigenvalue weighted by atomic mass is 16.4. The van der Waals surface area contributed by atoms with Crippen molar-refractivity contribution in [2.24, 2.45) is 0 Å². The van der Waals surface area contributed by atoms with Gasteiger partial charge in [-0.25, -0.2) is 9.59 Å². The molecule has 1 saturated heterocycles. The van der Waals surface area contributed by atoms with E-state index in [2.05, 4.69) is 5.32 Å². The number of piperidine rings is 1. The quantitative estimate of drug-likeness (QED) is 0.731. The summed E-state index contributed by atoms with van der Waals surface area (Å²) in [4.78, 5) is 25.1. The average molecular weight is 292 g/mol. The van der Waals surface area contributed by atoms with E-state index in [1.807, 2.05) is 13.8 Å². The molecule has 1 heterocycles. The number of likely N-dealkylation sites (tertiary alicyclic amines) is 1. The van der Waals surface area contributed by atoms with Crippen LogP contribution in [-0.2, 0) is 0 Å². The number of carboxylic acids is 1. The number of nitrogens with zero attached hydrogens (tertiary/aromatic N) is 1. The molecule has 1 aromatic carbocycles. The number of hydrogen-bond acceptors (Lipinski definition) is 3. The van der Waals surface area contributed by atoms with Crippen LogP contribution >= 0.6 is 0 Å². The Labute approximate surface area is 123 Å². The van der Waals surface area contributed by atoms with E-state index in [4.69, 9.17) is 5.11 Å². The Morgan fingerprint density at radius 2 is 1.86 bits per heavy atom. The molecule has 114 valence electrons. The summed E-state index contributed by atoms with van der Waals surface area (Å²) in [5, 5.41) is 21.5. The van der Waals surface area contributed by atoms with E-state index in [1.54, 1.807) is 4.90 Å². The van der Waals surface area contributed by atoms with E-state index in [1.165, 1.54) is 18.2 Å². The molecule has 0 unspecified atom stereocenters. The maximum absolute atomic E-state index is 12.4. The Morgan fingerprint density at radius 3 is 2.43 bits per heavy atom. The third-order valence-electron chi connectivity index (χ3n) is 3.94. The Morgan fingerprint density at radius 1 is 1.24 bits per heavy atom. The first-order valence-corrected chi connectivity index (χ1v) is 7.06. The van der Waals surface area contributed by atoms with Gasteiger partial charge in [-0.3, -0.25) is 0 Å². The van der Waals surface area contributed by atoms with Crippen LogP contribution in [0.25, 0.3) is 0 Å². The second-order valence-corrected chi connectivity index (χ2v) is 5.47. The molecule has 3 N–H and O–H groups in total. The van der Waals surface area contributed by atoms with Crippen LogP contribution in [0.4, 0.5) is 10.5 Å². The molecule has 0 radical (unpaired) electrons. The largest absolute Gasteiger partial charge is 0.505 e. The summed E-state index contributed by atoms with van der Waals surface area (Å²) in [5.41, 5.74) is -0.114. The third kappa shape index (κ3) is 3.09. The maximum atomic E-state index is 12.4. The summed E-state index contributed by atoms with van der Waals surface area (Å²) >= 11 is 0. The number of amides is 2. The van der Waals surface area contributed by atoms with Gasteiger partial charge in [0.15, 0.2) is 5.75 Å². The molecule has 6 nitrogen and oxygen atoms in total. The number of carboxylic acid groups (broad SMARTS) is 1. The Hall–Kier alpha value is -2.24. The second-order valence-electron chi connectivity index (χ2n) is 5.47. The zero-order chi connectivity index (χ0) is 15.6. The van der Waals surface area contributed by atoms with E-state index < -0.39 is 11.7 Å². The average Bonchev–Trinajstić information content (AvgIpc) is 2.40. The lowest BCUT2D eigenvalue weighted by Crippen LogP contribution is -2.49. The van der Waals surface area contributed by atoms with Crippen LogP contribution in [0.2, 0.25) is 0 Å². The zero-order valence-corrected chi connectivity index (χ0v) is 12.2. The molecule has 0 aliphatic carbocycles. The molecule has 1 fully saturated rings. The second kappa shape index (κ2) is 6.03. The zero-order valence-electron chi connectivity index (χ0n) is 12.2. The number of nitrogens with one attached hydrogen (secondary N) is 1. The fraction of sp³-hybridized carbons (Fsp3) is 0.467. The fourth-order valence-corrected chi connectivity index (χ4v) is 2.82. The van der Waals surface area contributed by atoms with Gasteiger partial charge >= 0.3 is 12.0 Å². The van der Waals surface area contributed by atoms with Crippen LogP contribution in [0.3, 0.4) is 0 Å². The predicted octanol–water partition coefficient (Wildman–Crippen LogP) is 2.89. The standard InChI is InChI=1S/C15H20N2O4/c1-9-5-3-6-10(2)17(9)15(21)16-12-8-4-7-11(13(12)18)14(19)20/h4,7-10,18H,3,5-6H2,1-2H3,(H,16,21)(H,19,20)/t9-,10+. The summed E-state index contributed by atoms with van der Waals surface area (Å²) < 4.78 is 0. The van der Waals surface area contributed by atoms with Crippen molar-refractivity contribution in [3.05, 3.63) is 23.8 Å². The van der Waals surface area contributed by atoms with E-state index in [-0.39, 0.29) is 29.4 Å². The van der Waals surface area contributed by atoms with Gasteiger partial charge in [-0.05, 0) is 45.2 Å². The third-order valence-corrected chi connectivity index (χ3v) is 3.94. The van der Waals surface area contributed by atoms with E-state index >= 15 is 0 Å². The molecule has 0 aromatic heterocycles. The number of carbonyl (C=O) groups excluding carboxylic acids is 1. The summed E-state index contributed by atoms with van der Waals surface area (Å²) in [7, 11) is 0. The number of benzene rings is 1. The minimum Gasteiger partial charge on any atom is -0.505 e. The number of carbonyl (C=O) groups is 2. The molecular formula is C15H20N2O4. The molecule has 1 aliphatic heterocycles. The van der Waals surface area contributed by atoms with Gasteiger partial charge in [0.05, 0.1) is 5.69 Å². The van der Waals surface area contributed by atoms with Crippen molar-refractivity contribution in [1.29, 1.82) is 0 Å². The molecule has 0 saturated carbocycles. The molecule has 0 spiro atoms. The Kier molecular flexibility index (Phi) is 4.35. The highest BCUT2D eigenvalue weighted by molar-refractivity contribution is 5.97.